The van der Waals surface area contributed by atoms with Crippen LogP contribution in [0.25, 0.3) is 0 Å². The molecule has 1 aromatic rings. The molecule has 19 heavy (non-hydrogen) atoms. The van der Waals surface area contributed by atoms with E-state index in [1.54, 1.807) is 12.1 Å². The van der Waals surface area contributed by atoms with Gasteiger partial charge in [-0.25, -0.2) is 0 Å². The second kappa shape index (κ2) is 6.43. The van der Waals surface area contributed by atoms with Crippen molar-refractivity contribution in [1.29, 1.82) is 0 Å². The number of piperidine rings is 1. The Kier molecular flexibility index (Phi) is 4.63. The molecular weight excluding hydrogens is 238 g/mol. The molecule has 1 aliphatic rings. The van der Waals surface area contributed by atoms with Gasteiger partial charge in [0.2, 0.25) is 0 Å². The number of nitrogen functional groups attached to an aromatic ring is 2. The Labute approximate surface area is 114 Å². The van der Waals surface area contributed by atoms with E-state index in [0.29, 0.717) is 17.2 Å². The summed E-state index contributed by atoms with van der Waals surface area (Å²) in [5.74, 6) is 0.495. The van der Waals surface area contributed by atoms with Crippen molar-refractivity contribution in [2.75, 3.05) is 37.6 Å². The third-order valence-corrected chi connectivity index (χ3v) is 3.50. The van der Waals surface area contributed by atoms with Gasteiger partial charge in [-0.15, -0.1) is 0 Å². The van der Waals surface area contributed by atoms with Crippen LogP contribution < -0.4 is 17.2 Å². The Balaban J connectivity index is 1.91. The standard InChI is InChI=1S/C14H23N5/c15-11-4-5-12(13(16)10-11)14(17)18-6-9-19-7-2-1-3-8-19/h4-5,10H,1-3,6-9,15-16H2,(H2,17,18). The Bertz CT molecular complexity index is 449. The number of hydrogen-bond donors (Lipinski definition) is 3. The van der Waals surface area contributed by atoms with Crippen molar-refractivity contribution in [3.05, 3.63) is 23.8 Å². The van der Waals surface area contributed by atoms with E-state index in [4.69, 9.17) is 17.2 Å². The van der Waals surface area contributed by atoms with E-state index in [0.717, 1.165) is 18.7 Å². The molecule has 0 atom stereocenters. The lowest BCUT2D eigenvalue weighted by Crippen LogP contribution is -2.32. The molecule has 5 nitrogen and oxygen atoms in total. The second-order valence-corrected chi connectivity index (χ2v) is 5.02. The lowest BCUT2D eigenvalue weighted by Gasteiger charge is -2.25. The molecule has 0 bridgehead atoms. The minimum Gasteiger partial charge on any atom is -0.399 e. The van der Waals surface area contributed by atoms with Crippen molar-refractivity contribution in [2.45, 2.75) is 19.3 Å². The van der Waals surface area contributed by atoms with E-state index < -0.39 is 0 Å². The minimum atomic E-state index is 0.495. The summed E-state index contributed by atoms with van der Waals surface area (Å²) in [6.07, 6.45) is 3.94. The van der Waals surface area contributed by atoms with Crippen molar-refractivity contribution >= 4 is 17.2 Å². The van der Waals surface area contributed by atoms with E-state index in [1.165, 1.54) is 32.4 Å². The van der Waals surface area contributed by atoms with Crippen molar-refractivity contribution in [1.82, 2.24) is 4.90 Å². The van der Waals surface area contributed by atoms with Crippen LogP contribution in [-0.4, -0.2) is 36.9 Å². The molecule has 1 aromatic carbocycles. The number of benzene rings is 1. The molecule has 0 aliphatic carbocycles. The van der Waals surface area contributed by atoms with Gasteiger partial charge in [-0.3, -0.25) is 4.99 Å². The minimum absolute atomic E-state index is 0.495. The maximum absolute atomic E-state index is 5.97. The van der Waals surface area contributed by atoms with Crippen LogP contribution in [0.3, 0.4) is 0 Å². The van der Waals surface area contributed by atoms with Crippen LogP contribution in [0, 0.1) is 0 Å². The Morgan fingerprint density at radius 3 is 2.58 bits per heavy atom. The molecule has 104 valence electrons. The highest BCUT2D eigenvalue weighted by Gasteiger charge is 2.09. The third kappa shape index (κ3) is 3.86. The zero-order chi connectivity index (χ0) is 13.7. The highest BCUT2D eigenvalue weighted by molar-refractivity contribution is 6.02. The monoisotopic (exact) mass is 261 g/mol. The summed E-state index contributed by atoms with van der Waals surface area (Å²) in [6.45, 7) is 4.05. The van der Waals surface area contributed by atoms with Crippen molar-refractivity contribution in [3.63, 3.8) is 0 Å². The maximum Gasteiger partial charge on any atom is 0.127 e. The zero-order valence-electron chi connectivity index (χ0n) is 11.3. The Hall–Kier alpha value is -1.75. The van der Waals surface area contributed by atoms with Gasteiger partial charge in [-0.05, 0) is 44.1 Å². The fraction of sp³-hybridized carbons (Fsp3) is 0.500. The molecule has 0 amide bonds. The number of amidine groups is 1. The number of nitrogens with two attached hydrogens (primary N) is 3. The first-order valence-corrected chi connectivity index (χ1v) is 6.84. The van der Waals surface area contributed by atoms with Gasteiger partial charge in [0, 0.05) is 23.5 Å². The van der Waals surface area contributed by atoms with Gasteiger partial charge in [-0.2, -0.15) is 0 Å². The number of anilines is 2. The van der Waals surface area contributed by atoms with Gasteiger partial charge >= 0.3 is 0 Å². The molecule has 0 aromatic heterocycles. The predicted molar refractivity (Wildman–Crippen MR) is 81.1 cm³/mol. The lowest BCUT2D eigenvalue weighted by molar-refractivity contribution is 0.235. The van der Waals surface area contributed by atoms with Crippen LogP contribution in [-0.2, 0) is 0 Å². The number of likely N-dealkylation sites (tertiary alicyclic amines) is 1. The summed E-state index contributed by atoms with van der Waals surface area (Å²) in [7, 11) is 0. The lowest BCUT2D eigenvalue weighted by atomic mass is 10.1. The molecule has 6 N–H and O–H groups in total. The number of rotatable bonds is 4. The fourth-order valence-corrected chi connectivity index (χ4v) is 2.39. The molecule has 0 unspecified atom stereocenters. The van der Waals surface area contributed by atoms with Gasteiger partial charge in [0.25, 0.3) is 0 Å². The van der Waals surface area contributed by atoms with E-state index in [-0.39, 0.29) is 0 Å². The molecule has 0 radical (unpaired) electrons. The van der Waals surface area contributed by atoms with Crippen molar-refractivity contribution < 1.29 is 0 Å². The van der Waals surface area contributed by atoms with Gasteiger partial charge < -0.3 is 22.1 Å². The molecular formula is C14H23N5. The van der Waals surface area contributed by atoms with E-state index in [1.807, 2.05) is 6.07 Å². The van der Waals surface area contributed by atoms with Gasteiger partial charge in [-0.1, -0.05) is 6.42 Å². The molecule has 1 fully saturated rings. The molecule has 1 aliphatic heterocycles. The summed E-state index contributed by atoms with van der Waals surface area (Å²) in [4.78, 5) is 6.85. The predicted octanol–water partition coefficient (Wildman–Crippen LogP) is 1.04. The first kappa shape index (κ1) is 13.7. The molecule has 0 saturated carbocycles. The molecule has 1 saturated heterocycles. The molecule has 0 spiro atoms. The van der Waals surface area contributed by atoms with E-state index >= 15 is 0 Å². The van der Waals surface area contributed by atoms with Crippen LogP contribution in [0.1, 0.15) is 24.8 Å². The first-order valence-electron chi connectivity index (χ1n) is 6.84. The average Bonchev–Trinajstić information content (AvgIpc) is 2.39. The van der Waals surface area contributed by atoms with Gasteiger partial charge in [0.1, 0.15) is 5.84 Å². The normalized spacial score (nSPS) is 17.6. The van der Waals surface area contributed by atoms with Crippen LogP contribution >= 0.6 is 0 Å². The SMILES string of the molecule is NC(=NCCN1CCCCC1)c1ccc(N)cc1N. The van der Waals surface area contributed by atoms with Crippen LogP contribution in [0.15, 0.2) is 23.2 Å². The van der Waals surface area contributed by atoms with Crippen molar-refractivity contribution in [3.8, 4) is 0 Å². The van der Waals surface area contributed by atoms with Crippen LogP contribution in [0.2, 0.25) is 0 Å². The number of nitrogens with zero attached hydrogens (tertiary/aromatic N) is 2. The quantitative estimate of drug-likeness (QED) is 0.429. The second-order valence-electron chi connectivity index (χ2n) is 5.02. The molecule has 2 rings (SSSR count). The van der Waals surface area contributed by atoms with Gasteiger partial charge in [0.05, 0.1) is 6.54 Å². The fourth-order valence-electron chi connectivity index (χ4n) is 2.39. The number of aliphatic imine (C=N–C) groups is 1. The highest BCUT2D eigenvalue weighted by Crippen LogP contribution is 2.15. The van der Waals surface area contributed by atoms with E-state index in [2.05, 4.69) is 9.89 Å². The van der Waals surface area contributed by atoms with Crippen molar-refractivity contribution in [2.24, 2.45) is 10.7 Å². The zero-order valence-corrected chi connectivity index (χ0v) is 11.3. The highest BCUT2D eigenvalue weighted by atomic mass is 15.1. The smallest absolute Gasteiger partial charge is 0.127 e. The topological polar surface area (TPSA) is 93.7 Å². The van der Waals surface area contributed by atoms with Crippen LogP contribution in [0.4, 0.5) is 11.4 Å². The molecule has 1 heterocycles. The maximum atomic E-state index is 5.97. The largest absolute Gasteiger partial charge is 0.399 e. The average molecular weight is 261 g/mol. The Morgan fingerprint density at radius 1 is 1.16 bits per heavy atom. The summed E-state index contributed by atoms with van der Waals surface area (Å²) in [6, 6.07) is 5.32. The molecule has 5 heteroatoms. The first-order chi connectivity index (χ1) is 9.16. The van der Waals surface area contributed by atoms with E-state index in [9.17, 15) is 0 Å². The number of hydrogen-bond acceptors (Lipinski definition) is 4. The summed E-state index contributed by atoms with van der Waals surface area (Å²) in [5.41, 5.74) is 19.5. The summed E-state index contributed by atoms with van der Waals surface area (Å²) < 4.78 is 0. The third-order valence-electron chi connectivity index (χ3n) is 3.50. The van der Waals surface area contributed by atoms with Crippen LogP contribution in [0.5, 0.6) is 0 Å². The summed E-state index contributed by atoms with van der Waals surface area (Å²) in [5, 5.41) is 0. The van der Waals surface area contributed by atoms with Gasteiger partial charge in [0.15, 0.2) is 0 Å². The Morgan fingerprint density at radius 2 is 1.89 bits per heavy atom. The summed E-state index contributed by atoms with van der Waals surface area (Å²) >= 11 is 0.